The summed E-state index contributed by atoms with van der Waals surface area (Å²) in [6, 6.07) is 17.9. The van der Waals surface area contributed by atoms with Crippen LogP contribution in [0, 0.1) is 13.8 Å². The van der Waals surface area contributed by atoms with Gasteiger partial charge < -0.3 is 19.7 Å². The minimum atomic E-state index is -4.25. The molecule has 0 radical (unpaired) electrons. The van der Waals surface area contributed by atoms with Crippen LogP contribution in [0.25, 0.3) is 0 Å². The monoisotopic (exact) mass is 581 g/mol. The molecule has 0 aromatic heterocycles. The van der Waals surface area contributed by atoms with Gasteiger partial charge in [-0.15, -0.1) is 0 Å². The van der Waals surface area contributed by atoms with E-state index in [9.17, 15) is 18.0 Å². The first-order chi connectivity index (χ1) is 19.5. The Morgan fingerprint density at radius 2 is 1.63 bits per heavy atom. The van der Waals surface area contributed by atoms with Crippen molar-refractivity contribution in [2.24, 2.45) is 0 Å². The third kappa shape index (κ3) is 7.58. The van der Waals surface area contributed by atoms with Crippen molar-refractivity contribution in [1.29, 1.82) is 0 Å². The molecule has 1 N–H and O–H groups in total. The van der Waals surface area contributed by atoms with Gasteiger partial charge in [-0.3, -0.25) is 13.9 Å². The van der Waals surface area contributed by atoms with Crippen molar-refractivity contribution in [2.75, 3.05) is 31.6 Å². The predicted molar refractivity (Wildman–Crippen MR) is 160 cm³/mol. The summed E-state index contributed by atoms with van der Waals surface area (Å²) < 4.78 is 40.1. The first-order valence-electron chi connectivity index (χ1n) is 13.5. The Kier molecular flexibility index (Phi) is 10.8. The largest absolute Gasteiger partial charge is 0.497 e. The molecular formula is C31H39N3O6S. The van der Waals surface area contributed by atoms with Crippen LogP contribution in [0.3, 0.4) is 0 Å². The van der Waals surface area contributed by atoms with Gasteiger partial charge in [0, 0.05) is 19.2 Å². The summed E-state index contributed by atoms with van der Waals surface area (Å²) in [5.41, 5.74) is 2.83. The molecule has 0 heterocycles. The normalized spacial score (nSPS) is 11.9. The highest BCUT2D eigenvalue weighted by molar-refractivity contribution is 7.92. The highest BCUT2D eigenvalue weighted by Crippen LogP contribution is 2.36. The number of hydrogen-bond acceptors (Lipinski definition) is 6. The van der Waals surface area contributed by atoms with Crippen molar-refractivity contribution in [3.8, 4) is 11.5 Å². The average Bonchev–Trinajstić information content (AvgIpc) is 2.97. The molecular weight excluding hydrogens is 542 g/mol. The van der Waals surface area contributed by atoms with Crippen LogP contribution in [-0.4, -0.2) is 58.5 Å². The number of aryl methyl sites for hydroxylation is 2. The molecule has 0 aliphatic carbocycles. The second kappa shape index (κ2) is 14.0. The van der Waals surface area contributed by atoms with Crippen molar-refractivity contribution in [2.45, 2.75) is 51.6 Å². The van der Waals surface area contributed by atoms with Gasteiger partial charge in [0.2, 0.25) is 11.8 Å². The Balaban J connectivity index is 2.12. The third-order valence-electron chi connectivity index (χ3n) is 6.86. The van der Waals surface area contributed by atoms with Crippen LogP contribution in [0.1, 0.15) is 37.0 Å². The van der Waals surface area contributed by atoms with Gasteiger partial charge in [-0.2, -0.15) is 0 Å². The third-order valence-corrected chi connectivity index (χ3v) is 8.63. The maximum atomic E-state index is 14.1. The van der Waals surface area contributed by atoms with E-state index in [1.54, 1.807) is 31.2 Å². The van der Waals surface area contributed by atoms with Crippen molar-refractivity contribution in [1.82, 2.24) is 10.2 Å². The van der Waals surface area contributed by atoms with Crippen LogP contribution in [0.15, 0.2) is 71.6 Å². The molecule has 9 nitrogen and oxygen atoms in total. The van der Waals surface area contributed by atoms with Crippen LogP contribution < -0.4 is 19.1 Å². The standard InChI is InChI=1S/C31H39N3O6S/c1-7-18-32-31(36)24(4)33(20-25-11-9-8-10-23(25)3)30(35)21-34(28-19-26(39-5)14-17-29(28)40-6)41(37,38)27-15-12-22(2)13-16-27/h8-17,19,24H,7,18,20-21H2,1-6H3,(H,32,36)/t24-/m0/s1. The highest BCUT2D eigenvalue weighted by Gasteiger charge is 2.34. The molecule has 41 heavy (non-hydrogen) atoms. The molecule has 0 spiro atoms. The lowest BCUT2D eigenvalue weighted by Gasteiger charge is -2.32. The minimum absolute atomic E-state index is 0.0139. The van der Waals surface area contributed by atoms with E-state index in [2.05, 4.69) is 5.32 Å². The highest BCUT2D eigenvalue weighted by atomic mass is 32.2. The number of sulfonamides is 1. The Hall–Kier alpha value is -4.05. The molecule has 1 atom stereocenters. The molecule has 10 heteroatoms. The zero-order chi connectivity index (χ0) is 30.2. The Labute approximate surface area is 243 Å². The number of hydrogen-bond donors (Lipinski definition) is 1. The first kappa shape index (κ1) is 31.5. The predicted octanol–water partition coefficient (Wildman–Crippen LogP) is 4.46. The molecule has 220 valence electrons. The summed E-state index contributed by atoms with van der Waals surface area (Å²) in [5.74, 6) is -0.233. The number of rotatable bonds is 13. The van der Waals surface area contributed by atoms with Gasteiger partial charge in [0.05, 0.1) is 24.8 Å². The molecule has 0 bridgehead atoms. The molecule has 3 aromatic rings. The van der Waals surface area contributed by atoms with Gasteiger partial charge in [-0.05, 0) is 62.6 Å². The fourth-order valence-electron chi connectivity index (χ4n) is 4.29. The molecule has 0 saturated carbocycles. The number of nitrogens with one attached hydrogen (secondary N) is 1. The zero-order valence-electron chi connectivity index (χ0n) is 24.5. The maximum Gasteiger partial charge on any atom is 0.264 e. The van der Waals surface area contributed by atoms with E-state index in [0.29, 0.717) is 12.3 Å². The van der Waals surface area contributed by atoms with Gasteiger partial charge in [-0.25, -0.2) is 8.42 Å². The van der Waals surface area contributed by atoms with E-state index in [4.69, 9.17) is 9.47 Å². The number of nitrogens with zero attached hydrogens (tertiary/aromatic N) is 2. The minimum Gasteiger partial charge on any atom is -0.497 e. The van der Waals surface area contributed by atoms with Crippen molar-refractivity contribution >= 4 is 27.5 Å². The number of amides is 2. The van der Waals surface area contributed by atoms with E-state index >= 15 is 0 Å². The van der Waals surface area contributed by atoms with Gasteiger partial charge in [0.25, 0.3) is 10.0 Å². The van der Waals surface area contributed by atoms with Crippen LogP contribution in [0.5, 0.6) is 11.5 Å². The summed E-state index contributed by atoms with van der Waals surface area (Å²) in [5, 5.41) is 2.85. The van der Waals surface area contributed by atoms with Crippen molar-refractivity contribution < 1.29 is 27.5 Å². The van der Waals surface area contributed by atoms with Crippen LogP contribution in [0.2, 0.25) is 0 Å². The number of carbonyl (C=O) groups excluding carboxylic acids is 2. The van der Waals surface area contributed by atoms with E-state index in [1.807, 2.05) is 45.0 Å². The molecule has 3 rings (SSSR count). The lowest BCUT2D eigenvalue weighted by atomic mass is 10.1. The SMILES string of the molecule is CCCNC(=O)[C@H](C)N(Cc1ccccc1C)C(=O)CN(c1cc(OC)ccc1OC)S(=O)(=O)c1ccc(C)cc1. The van der Waals surface area contributed by atoms with Gasteiger partial charge in [0.15, 0.2) is 0 Å². The maximum absolute atomic E-state index is 14.1. The van der Waals surface area contributed by atoms with Crippen LogP contribution >= 0.6 is 0 Å². The molecule has 2 amide bonds. The first-order valence-corrected chi connectivity index (χ1v) is 14.9. The van der Waals surface area contributed by atoms with E-state index in [-0.39, 0.29) is 28.8 Å². The van der Waals surface area contributed by atoms with Crippen molar-refractivity contribution in [3.63, 3.8) is 0 Å². The van der Waals surface area contributed by atoms with Crippen molar-refractivity contribution in [3.05, 3.63) is 83.4 Å². The van der Waals surface area contributed by atoms with E-state index in [1.165, 1.54) is 37.3 Å². The number of carbonyl (C=O) groups is 2. The second-order valence-electron chi connectivity index (χ2n) is 9.78. The molecule has 3 aromatic carbocycles. The second-order valence-corrected chi connectivity index (χ2v) is 11.6. The fraction of sp³-hybridized carbons (Fsp3) is 0.355. The lowest BCUT2D eigenvalue weighted by Crippen LogP contribution is -2.51. The number of anilines is 1. The topological polar surface area (TPSA) is 105 Å². The zero-order valence-corrected chi connectivity index (χ0v) is 25.3. The molecule has 0 unspecified atom stereocenters. The molecule has 0 saturated heterocycles. The van der Waals surface area contributed by atoms with E-state index in [0.717, 1.165) is 27.4 Å². The number of methoxy groups -OCH3 is 2. The van der Waals surface area contributed by atoms with E-state index < -0.39 is 28.5 Å². The number of benzene rings is 3. The van der Waals surface area contributed by atoms with Crippen LogP contribution in [0.4, 0.5) is 5.69 Å². The Morgan fingerprint density at radius 1 is 0.951 bits per heavy atom. The fourth-order valence-corrected chi connectivity index (χ4v) is 5.71. The Bertz CT molecular complexity index is 1460. The number of ether oxygens (including phenoxy) is 2. The average molecular weight is 582 g/mol. The smallest absolute Gasteiger partial charge is 0.264 e. The molecule has 0 aliphatic heterocycles. The summed E-state index contributed by atoms with van der Waals surface area (Å²) in [7, 11) is -1.36. The summed E-state index contributed by atoms with van der Waals surface area (Å²) >= 11 is 0. The summed E-state index contributed by atoms with van der Waals surface area (Å²) in [6.45, 7) is 7.39. The Morgan fingerprint density at radius 3 is 2.24 bits per heavy atom. The molecule has 0 fully saturated rings. The van der Waals surface area contributed by atoms with Gasteiger partial charge in [0.1, 0.15) is 24.1 Å². The van der Waals surface area contributed by atoms with Gasteiger partial charge in [-0.1, -0.05) is 48.9 Å². The summed E-state index contributed by atoms with van der Waals surface area (Å²) in [4.78, 5) is 28.6. The lowest BCUT2D eigenvalue weighted by molar-refractivity contribution is -0.139. The summed E-state index contributed by atoms with van der Waals surface area (Å²) in [6.07, 6.45) is 0.738. The molecule has 0 aliphatic rings. The quantitative estimate of drug-likeness (QED) is 0.320. The van der Waals surface area contributed by atoms with Crippen LogP contribution in [-0.2, 0) is 26.2 Å². The van der Waals surface area contributed by atoms with Gasteiger partial charge >= 0.3 is 0 Å².